The molecular weight excluding hydrogens is 194 g/mol. The molecule has 2 rings (SSSR count). The monoisotopic (exact) mass is 209 g/mol. The van der Waals surface area contributed by atoms with Crippen LogP contribution in [0.25, 0.3) is 6.08 Å². The first-order valence-electron chi connectivity index (χ1n) is 4.83. The summed E-state index contributed by atoms with van der Waals surface area (Å²) in [6.07, 6.45) is 6.76. The van der Waals surface area contributed by atoms with Gasteiger partial charge in [-0.3, -0.25) is 0 Å². The normalized spacial score (nSPS) is 15.6. The Morgan fingerprint density at radius 1 is 1.36 bits per heavy atom. The van der Waals surface area contributed by atoms with Gasteiger partial charge in [-0.2, -0.15) is 0 Å². The Hall–Kier alpha value is -0.790. The second kappa shape index (κ2) is 4.63. The van der Waals surface area contributed by atoms with Gasteiger partial charge < -0.3 is 5.73 Å². The van der Waals surface area contributed by atoms with Crippen molar-refractivity contribution in [3.63, 3.8) is 0 Å². The van der Waals surface area contributed by atoms with Gasteiger partial charge in [0.1, 0.15) is 0 Å². The number of aryl methyl sites for hydroxylation is 1. The lowest BCUT2D eigenvalue weighted by molar-refractivity contribution is 0.809. The van der Waals surface area contributed by atoms with Gasteiger partial charge in [0.2, 0.25) is 0 Å². The number of halogens is 1. The van der Waals surface area contributed by atoms with Crippen LogP contribution in [-0.4, -0.2) is 0 Å². The van der Waals surface area contributed by atoms with Crippen molar-refractivity contribution in [2.45, 2.75) is 25.8 Å². The van der Waals surface area contributed by atoms with Crippen molar-refractivity contribution in [2.75, 3.05) is 0 Å². The number of benzene rings is 1. The molecule has 0 bridgehead atoms. The van der Waals surface area contributed by atoms with E-state index in [4.69, 9.17) is 5.73 Å². The fourth-order valence-electron chi connectivity index (χ4n) is 1.89. The van der Waals surface area contributed by atoms with Crippen LogP contribution in [0.5, 0.6) is 0 Å². The summed E-state index contributed by atoms with van der Waals surface area (Å²) in [7, 11) is 0. The van der Waals surface area contributed by atoms with Crippen molar-refractivity contribution >= 4 is 18.5 Å². The second-order valence-electron chi connectivity index (χ2n) is 3.65. The van der Waals surface area contributed by atoms with E-state index in [1.807, 2.05) is 6.92 Å². The average Bonchev–Trinajstić information content (AvgIpc) is 2.17. The number of nitrogens with two attached hydrogens (primary N) is 1. The summed E-state index contributed by atoms with van der Waals surface area (Å²) >= 11 is 0. The van der Waals surface area contributed by atoms with E-state index >= 15 is 0 Å². The maximum absolute atomic E-state index is 5.90. The smallest absolute Gasteiger partial charge is 0.0272 e. The van der Waals surface area contributed by atoms with Crippen LogP contribution in [-0.2, 0) is 6.42 Å². The molecular formula is C12H16ClN. The Bertz CT molecular complexity index is 342. The molecule has 0 fully saturated rings. The van der Waals surface area contributed by atoms with Gasteiger partial charge in [0.05, 0.1) is 0 Å². The minimum atomic E-state index is 0. The minimum absolute atomic E-state index is 0. The molecule has 1 aromatic rings. The van der Waals surface area contributed by atoms with Crippen molar-refractivity contribution in [1.29, 1.82) is 0 Å². The standard InChI is InChI=1S/C12H15N.ClH/c1-9(13)11-8-4-6-10-5-2-3-7-12(10)11;/h3-4,6-9H,2,5,13H2,1H3;1H. The van der Waals surface area contributed by atoms with Gasteiger partial charge in [-0.05, 0) is 36.5 Å². The molecule has 0 heterocycles. The summed E-state index contributed by atoms with van der Waals surface area (Å²) in [4.78, 5) is 0. The summed E-state index contributed by atoms with van der Waals surface area (Å²) < 4.78 is 0. The van der Waals surface area contributed by atoms with E-state index in [-0.39, 0.29) is 18.4 Å². The summed E-state index contributed by atoms with van der Waals surface area (Å²) in [5.74, 6) is 0. The van der Waals surface area contributed by atoms with Crippen LogP contribution in [0, 0.1) is 0 Å². The molecule has 1 atom stereocenters. The van der Waals surface area contributed by atoms with Gasteiger partial charge in [-0.25, -0.2) is 0 Å². The third kappa shape index (κ3) is 1.99. The lowest BCUT2D eigenvalue weighted by Gasteiger charge is -2.16. The van der Waals surface area contributed by atoms with Crippen LogP contribution in [0.4, 0.5) is 0 Å². The van der Waals surface area contributed by atoms with E-state index in [9.17, 15) is 0 Å². The van der Waals surface area contributed by atoms with Crippen molar-refractivity contribution in [3.8, 4) is 0 Å². The average molecular weight is 210 g/mol. The Kier molecular flexibility index (Phi) is 3.73. The number of fused-ring (bicyclic) bond motifs is 1. The highest BCUT2D eigenvalue weighted by molar-refractivity contribution is 5.85. The molecule has 1 nitrogen and oxygen atoms in total. The number of hydrogen-bond donors (Lipinski definition) is 1. The lowest BCUT2D eigenvalue weighted by atomic mass is 9.91. The molecule has 0 saturated carbocycles. The SMILES string of the molecule is CC(N)c1cccc2c1C=CCC2.Cl. The highest BCUT2D eigenvalue weighted by Gasteiger charge is 2.10. The maximum atomic E-state index is 5.90. The first-order chi connectivity index (χ1) is 6.29. The zero-order chi connectivity index (χ0) is 9.26. The third-order valence-electron chi connectivity index (χ3n) is 2.59. The molecule has 0 saturated heterocycles. The van der Waals surface area contributed by atoms with Crippen molar-refractivity contribution in [3.05, 3.63) is 41.0 Å². The molecule has 76 valence electrons. The fourth-order valence-corrected chi connectivity index (χ4v) is 1.89. The number of allylic oxidation sites excluding steroid dienone is 1. The van der Waals surface area contributed by atoms with Crippen LogP contribution in [0.3, 0.4) is 0 Å². The zero-order valence-corrected chi connectivity index (χ0v) is 9.18. The van der Waals surface area contributed by atoms with Crippen molar-refractivity contribution < 1.29 is 0 Å². The van der Waals surface area contributed by atoms with E-state index in [2.05, 4.69) is 30.4 Å². The molecule has 0 radical (unpaired) electrons. The summed E-state index contributed by atoms with van der Waals surface area (Å²) in [6, 6.07) is 6.57. The predicted octanol–water partition coefficient (Wildman–Crippen LogP) is 3.09. The summed E-state index contributed by atoms with van der Waals surface area (Å²) in [6.45, 7) is 2.04. The Labute approximate surface area is 91.4 Å². The van der Waals surface area contributed by atoms with Gasteiger partial charge in [0.15, 0.2) is 0 Å². The quantitative estimate of drug-likeness (QED) is 0.756. The second-order valence-corrected chi connectivity index (χ2v) is 3.65. The van der Waals surface area contributed by atoms with Crippen LogP contribution in [0.15, 0.2) is 24.3 Å². The van der Waals surface area contributed by atoms with Crippen molar-refractivity contribution in [2.24, 2.45) is 5.73 Å². The van der Waals surface area contributed by atoms with Crippen LogP contribution in [0.2, 0.25) is 0 Å². The molecule has 14 heavy (non-hydrogen) atoms. The molecule has 0 spiro atoms. The fraction of sp³-hybridized carbons (Fsp3) is 0.333. The van der Waals surface area contributed by atoms with Gasteiger partial charge in [0.25, 0.3) is 0 Å². The highest BCUT2D eigenvalue weighted by Crippen LogP contribution is 2.25. The molecule has 2 heteroatoms. The minimum Gasteiger partial charge on any atom is -0.324 e. The van der Waals surface area contributed by atoms with E-state index < -0.39 is 0 Å². The van der Waals surface area contributed by atoms with E-state index in [1.165, 1.54) is 16.7 Å². The van der Waals surface area contributed by atoms with E-state index in [1.54, 1.807) is 0 Å². The summed E-state index contributed by atoms with van der Waals surface area (Å²) in [5.41, 5.74) is 9.97. The topological polar surface area (TPSA) is 26.0 Å². The molecule has 0 amide bonds. The molecule has 1 unspecified atom stereocenters. The Morgan fingerprint density at radius 3 is 2.86 bits per heavy atom. The lowest BCUT2D eigenvalue weighted by Crippen LogP contribution is -2.09. The molecule has 1 aromatic carbocycles. The predicted molar refractivity (Wildman–Crippen MR) is 63.6 cm³/mol. The molecule has 2 N–H and O–H groups in total. The van der Waals surface area contributed by atoms with Gasteiger partial charge in [-0.15, -0.1) is 12.4 Å². The summed E-state index contributed by atoms with van der Waals surface area (Å²) in [5, 5.41) is 0. The molecule has 0 aliphatic heterocycles. The van der Waals surface area contributed by atoms with Crippen molar-refractivity contribution in [1.82, 2.24) is 0 Å². The van der Waals surface area contributed by atoms with Gasteiger partial charge >= 0.3 is 0 Å². The highest BCUT2D eigenvalue weighted by atomic mass is 35.5. The van der Waals surface area contributed by atoms with E-state index in [0.717, 1.165) is 12.8 Å². The Balaban J connectivity index is 0.000000980. The first-order valence-corrected chi connectivity index (χ1v) is 4.83. The first kappa shape index (κ1) is 11.3. The molecule has 0 aromatic heterocycles. The van der Waals surface area contributed by atoms with Crippen LogP contribution < -0.4 is 5.73 Å². The maximum Gasteiger partial charge on any atom is 0.0272 e. The van der Waals surface area contributed by atoms with Crippen LogP contribution in [0.1, 0.15) is 36.1 Å². The van der Waals surface area contributed by atoms with Gasteiger partial charge in [-0.1, -0.05) is 30.4 Å². The Morgan fingerprint density at radius 2 is 2.14 bits per heavy atom. The van der Waals surface area contributed by atoms with Gasteiger partial charge in [0, 0.05) is 6.04 Å². The third-order valence-corrected chi connectivity index (χ3v) is 2.59. The number of rotatable bonds is 1. The largest absolute Gasteiger partial charge is 0.324 e. The van der Waals surface area contributed by atoms with Crippen LogP contribution >= 0.6 is 12.4 Å². The molecule has 1 aliphatic rings. The van der Waals surface area contributed by atoms with E-state index in [0.29, 0.717) is 0 Å². The zero-order valence-electron chi connectivity index (χ0n) is 8.36. The molecule has 1 aliphatic carbocycles. The number of hydrogen-bond acceptors (Lipinski definition) is 1.